The van der Waals surface area contributed by atoms with E-state index in [1.807, 2.05) is 5.32 Å². The van der Waals surface area contributed by atoms with Crippen LogP contribution in [0, 0.1) is 21.7 Å². The van der Waals surface area contributed by atoms with Crippen LogP contribution in [0.25, 0.3) is 0 Å². The van der Waals surface area contributed by atoms with Gasteiger partial charge in [-0.05, 0) is 6.42 Å². The number of hydrogen-bond acceptors (Lipinski definition) is 5. The average Bonchev–Trinajstić information content (AvgIpc) is 2.35. The van der Waals surface area contributed by atoms with Crippen LogP contribution in [0.4, 0.5) is 20.2 Å². The van der Waals surface area contributed by atoms with E-state index in [-0.39, 0.29) is 12.8 Å². The number of nitro benzene ring substituents is 1. The van der Waals surface area contributed by atoms with Gasteiger partial charge in [0.05, 0.1) is 17.1 Å². The zero-order valence-corrected chi connectivity index (χ0v) is 9.98. The lowest BCUT2D eigenvalue weighted by Gasteiger charge is -2.23. The van der Waals surface area contributed by atoms with E-state index in [1.165, 1.54) is 0 Å². The number of nitro groups is 1. The molecule has 9 heteroatoms. The fourth-order valence-electron chi connectivity index (χ4n) is 1.81. The van der Waals surface area contributed by atoms with E-state index in [4.69, 9.17) is 0 Å². The lowest BCUT2D eigenvalue weighted by atomic mass is 10.1. The van der Waals surface area contributed by atoms with Crippen molar-refractivity contribution in [3.8, 4) is 0 Å². The highest BCUT2D eigenvalue weighted by Gasteiger charge is 2.28. The maximum atomic E-state index is 13.6. The first kappa shape index (κ1) is 13.8. The minimum Gasteiger partial charge on any atom is -0.369 e. The van der Waals surface area contributed by atoms with Gasteiger partial charge in [-0.1, -0.05) is 0 Å². The first-order valence-corrected chi connectivity index (χ1v) is 5.62. The second kappa shape index (κ2) is 5.19. The number of rotatable bonds is 3. The molecule has 2 rings (SSSR count). The van der Waals surface area contributed by atoms with Gasteiger partial charge in [0.2, 0.25) is 11.8 Å². The second-order valence-corrected chi connectivity index (χ2v) is 4.19. The SMILES string of the molecule is O=C1CCC(Nc2c(F)cc([N+](=O)[O-])cc2F)C(=O)N1. The molecule has 0 aliphatic carbocycles. The van der Waals surface area contributed by atoms with Crippen molar-refractivity contribution in [2.24, 2.45) is 0 Å². The summed E-state index contributed by atoms with van der Waals surface area (Å²) in [5.41, 5.74) is -1.36. The zero-order valence-electron chi connectivity index (χ0n) is 9.98. The fraction of sp³-hybridized carbons (Fsp3) is 0.273. The summed E-state index contributed by atoms with van der Waals surface area (Å²) in [6, 6.07) is 0.132. The molecule has 0 spiro atoms. The van der Waals surface area contributed by atoms with Crippen LogP contribution >= 0.6 is 0 Å². The number of piperidine rings is 1. The van der Waals surface area contributed by atoms with Crippen LogP contribution in [0.3, 0.4) is 0 Å². The zero-order chi connectivity index (χ0) is 14.9. The van der Waals surface area contributed by atoms with Gasteiger partial charge in [-0.25, -0.2) is 8.78 Å². The van der Waals surface area contributed by atoms with Gasteiger partial charge in [0.15, 0.2) is 11.6 Å². The van der Waals surface area contributed by atoms with Crippen molar-refractivity contribution in [1.82, 2.24) is 5.32 Å². The molecule has 1 aromatic rings. The van der Waals surface area contributed by atoms with Crippen LogP contribution in [0.2, 0.25) is 0 Å². The molecule has 1 unspecified atom stereocenters. The van der Waals surface area contributed by atoms with E-state index < -0.39 is 45.8 Å². The van der Waals surface area contributed by atoms with Gasteiger partial charge >= 0.3 is 0 Å². The van der Waals surface area contributed by atoms with Crippen LogP contribution in [0.5, 0.6) is 0 Å². The number of nitrogens with one attached hydrogen (secondary N) is 2. The van der Waals surface area contributed by atoms with Crippen LogP contribution in [-0.2, 0) is 9.59 Å². The van der Waals surface area contributed by atoms with Crippen molar-refractivity contribution in [3.63, 3.8) is 0 Å². The molecule has 2 amide bonds. The molecule has 0 bridgehead atoms. The number of anilines is 1. The number of hydrogen-bond donors (Lipinski definition) is 2. The Hall–Kier alpha value is -2.58. The number of imide groups is 1. The van der Waals surface area contributed by atoms with E-state index in [2.05, 4.69) is 5.32 Å². The summed E-state index contributed by atoms with van der Waals surface area (Å²) in [6.45, 7) is 0. The first-order valence-electron chi connectivity index (χ1n) is 5.62. The molecular formula is C11H9F2N3O4. The Labute approximate surface area is 111 Å². The summed E-state index contributed by atoms with van der Waals surface area (Å²) in [5.74, 6) is -3.51. The Balaban J connectivity index is 2.23. The van der Waals surface area contributed by atoms with Crippen molar-refractivity contribution in [2.75, 3.05) is 5.32 Å². The molecular weight excluding hydrogens is 276 g/mol. The number of non-ortho nitro benzene ring substituents is 1. The molecule has 106 valence electrons. The number of carbonyl (C=O) groups is 2. The minimum atomic E-state index is -1.18. The largest absolute Gasteiger partial charge is 0.369 e. The predicted octanol–water partition coefficient (Wildman–Crippen LogP) is 1.09. The number of halogens is 2. The number of benzene rings is 1. The Morgan fingerprint density at radius 2 is 1.90 bits per heavy atom. The number of carbonyl (C=O) groups excluding carboxylic acids is 2. The molecule has 20 heavy (non-hydrogen) atoms. The maximum absolute atomic E-state index is 13.6. The van der Waals surface area contributed by atoms with Crippen LogP contribution in [0.15, 0.2) is 12.1 Å². The molecule has 1 aromatic carbocycles. The fourth-order valence-corrected chi connectivity index (χ4v) is 1.81. The van der Waals surface area contributed by atoms with Gasteiger partial charge in [-0.15, -0.1) is 0 Å². The van der Waals surface area contributed by atoms with Crippen molar-refractivity contribution in [3.05, 3.63) is 33.9 Å². The second-order valence-electron chi connectivity index (χ2n) is 4.19. The maximum Gasteiger partial charge on any atom is 0.275 e. The number of nitrogens with zero attached hydrogens (tertiary/aromatic N) is 1. The normalized spacial score (nSPS) is 18.6. The average molecular weight is 285 g/mol. The number of amides is 2. The molecule has 0 radical (unpaired) electrons. The third-order valence-corrected chi connectivity index (χ3v) is 2.80. The molecule has 0 aromatic heterocycles. The van der Waals surface area contributed by atoms with Gasteiger partial charge in [0.25, 0.3) is 5.69 Å². The lowest BCUT2D eigenvalue weighted by Crippen LogP contribution is -2.47. The quantitative estimate of drug-likeness (QED) is 0.492. The molecule has 2 N–H and O–H groups in total. The van der Waals surface area contributed by atoms with E-state index >= 15 is 0 Å². The Morgan fingerprint density at radius 1 is 1.30 bits per heavy atom. The highest BCUT2D eigenvalue weighted by atomic mass is 19.1. The molecule has 7 nitrogen and oxygen atoms in total. The highest BCUT2D eigenvalue weighted by Crippen LogP contribution is 2.26. The standard InChI is InChI=1S/C11H9F2N3O4/c12-6-3-5(16(19)20)4-7(13)10(6)14-8-1-2-9(17)15-11(8)18/h3-4,8,14H,1-2H2,(H,15,17,18). The molecule has 1 heterocycles. The molecule has 1 atom stereocenters. The van der Waals surface area contributed by atoms with Crippen molar-refractivity contribution >= 4 is 23.2 Å². The summed E-state index contributed by atoms with van der Waals surface area (Å²) < 4.78 is 27.2. The van der Waals surface area contributed by atoms with Crippen molar-refractivity contribution in [1.29, 1.82) is 0 Å². The summed E-state index contributed by atoms with van der Waals surface area (Å²) in [7, 11) is 0. The van der Waals surface area contributed by atoms with E-state index in [9.17, 15) is 28.5 Å². The molecule has 0 saturated carbocycles. The summed E-state index contributed by atoms with van der Waals surface area (Å²) in [5, 5.41) is 14.8. The third-order valence-electron chi connectivity index (χ3n) is 2.80. The Bertz CT molecular complexity index is 582. The Kier molecular flexibility index (Phi) is 3.59. The van der Waals surface area contributed by atoms with E-state index in [1.54, 1.807) is 0 Å². The Morgan fingerprint density at radius 3 is 2.40 bits per heavy atom. The smallest absolute Gasteiger partial charge is 0.275 e. The van der Waals surface area contributed by atoms with Crippen LogP contribution in [-0.4, -0.2) is 22.8 Å². The van der Waals surface area contributed by atoms with Crippen LogP contribution in [0.1, 0.15) is 12.8 Å². The van der Waals surface area contributed by atoms with Crippen molar-refractivity contribution in [2.45, 2.75) is 18.9 Å². The molecule has 1 aliphatic heterocycles. The topological polar surface area (TPSA) is 101 Å². The lowest BCUT2D eigenvalue weighted by molar-refractivity contribution is -0.385. The molecule has 1 fully saturated rings. The highest BCUT2D eigenvalue weighted by molar-refractivity contribution is 6.01. The minimum absolute atomic E-state index is 0.0413. The van der Waals surface area contributed by atoms with Crippen LogP contribution < -0.4 is 10.6 Å². The van der Waals surface area contributed by atoms with Gasteiger partial charge in [0.1, 0.15) is 11.7 Å². The predicted molar refractivity (Wildman–Crippen MR) is 62.8 cm³/mol. The molecule has 1 saturated heterocycles. The van der Waals surface area contributed by atoms with Gasteiger partial charge < -0.3 is 5.32 Å². The molecule has 1 aliphatic rings. The summed E-state index contributed by atoms with van der Waals surface area (Å²) in [6.07, 6.45) is 0.125. The van der Waals surface area contributed by atoms with E-state index in [0.717, 1.165) is 0 Å². The monoisotopic (exact) mass is 285 g/mol. The van der Waals surface area contributed by atoms with Crippen molar-refractivity contribution < 1.29 is 23.3 Å². The van der Waals surface area contributed by atoms with Gasteiger partial charge in [-0.3, -0.25) is 25.0 Å². The van der Waals surface area contributed by atoms with E-state index in [0.29, 0.717) is 12.1 Å². The first-order chi connectivity index (χ1) is 9.38. The summed E-state index contributed by atoms with van der Waals surface area (Å²) >= 11 is 0. The summed E-state index contributed by atoms with van der Waals surface area (Å²) in [4.78, 5) is 31.9. The third kappa shape index (κ3) is 2.71. The van der Waals surface area contributed by atoms with Gasteiger partial charge in [-0.2, -0.15) is 0 Å². The van der Waals surface area contributed by atoms with Gasteiger partial charge in [0, 0.05) is 6.42 Å².